The van der Waals surface area contributed by atoms with Gasteiger partial charge in [0.1, 0.15) is 10.8 Å². The lowest BCUT2D eigenvalue weighted by Gasteiger charge is -2.12. The third-order valence-electron chi connectivity index (χ3n) is 3.16. The van der Waals surface area contributed by atoms with E-state index in [1.165, 1.54) is 0 Å². The van der Waals surface area contributed by atoms with Crippen molar-refractivity contribution in [3.05, 3.63) is 41.0 Å². The summed E-state index contributed by atoms with van der Waals surface area (Å²) in [6.45, 7) is 0.651. The molecule has 0 amide bonds. The van der Waals surface area contributed by atoms with E-state index in [1.54, 1.807) is 38.0 Å². The summed E-state index contributed by atoms with van der Waals surface area (Å²) < 4.78 is 10.7. The lowest BCUT2D eigenvalue weighted by molar-refractivity contribution is 0.356. The summed E-state index contributed by atoms with van der Waals surface area (Å²) in [7, 11) is 3.26. The fraction of sp³-hybridized carbons (Fsp3) is 0.200. The van der Waals surface area contributed by atoms with Crippen molar-refractivity contribution < 1.29 is 9.47 Å². The molecule has 6 heteroatoms. The molecule has 0 saturated carbocycles. The Hall–Kier alpha value is -2.34. The first-order valence-corrected chi connectivity index (χ1v) is 7.32. The average molecular weight is 301 g/mol. The molecule has 108 valence electrons. The maximum atomic E-state index is 5.36. The standard InChI is InChI=1S/C15H15N3O2S/c1-19-12-7-10-3-4-17-15(11(10)8-13(12)20-2)18-9-14-16-5-6-21-14/h3-8H,9H2,1-2H3,(H,17,18). The smallest absolute Gasteiger partial charge is 0.161 e. The van der Waals surface area contributed by atoms with Crippen LogP contribution in [0.1, 0.15) is 5.01 Å². The van der Waals surface area contributed by atoms with Gasteiger partial charge in [0.2, 0.25) is 0 Å². The number of pyridine rings is 1. The highest BCUT2D eigenvalue weighted by atomic mass is 32.1. The molecule has 0 fully saturated rings. The zero-order valence-electron chi connectivity index (χ0n) is 11.8. The number of ether oxygens (including phenoxy) is 2. The van der Waals surface area contributed by atoms with Crippen LogP contribution in [0.4, 0.5) is 5.82 Å². The van der Waals surface area contributed by atoms with Crippen LogP contribution in [0.2, 0.25) is 0 Å². The summed E-state index contributed by atoms with van der Waals surface area (Å²) in [6.07, 6.45) is 3.57. The van der Waals surface area contributed by atoms with Crippen molar-refractivity contribution in [1.82, 2.24) is 9.97 Å². The van der Waals surface area contributed by atoms with Crippen molar-refractivity contribution in [1.29, 1.82) is 0 Å². The Bertz CT molecular complexity index is 744. The average Bonchev–Trinajstić information content (AvgIpc) is 3.04. The first-order valence-electron chi connectivity index (χ1n) is 6.45. The van der Waals surface area contributed by atoms with Crippen LogP contribution in [0.3, 0.4) is 0 Å². The molecule has 0 spiro atoms. The number of rotatable bonds is 5. The number of benzene rings is 1. The molecule has 0 aliphatic heterocycles. The fourth-order valence-corrected chi connectivity index (χ4v) is 2.70. The van der Waals surface area contributed by atoms with Crippen LogP contribution in [-0.4, -0.2) is 24.2 Å². The molecule has 0 aliphatic rings. The SMILES string of the molecule is COc1cc2ccnc(NCc3nccs3)c2cc1OC. The number of methoxy groups -OCH3 is 2. The topological polar surface area (TPSA) is 56.3 Å². The molecule has 1 aromatic carbocycles. The van der Waals surface area contributed by atoms with Gasteiger partial charge in [-0.15, -0.1) is 11.3 Å². The second-order valence-corrected chi connectivity index (χ2v) is 5.35. The van der Waals surface area contributed by atoms with E-state index in [1.807, 2.05) is 23.6 Å². The van der Waals surface area contributed by atoms with E-state index >= 15 is 0 Å². The first-order chi connectivity index (χ1) is 10.3. The van der Waals surface area contributed by atoms with Gasteiger partial charge < -0.3 is 14.8 Å². The van der Waals surface area contributed by atoms with Crippen LogP contribution in [0.5, 0.6) is 11.5 Å². The Morgan fingerprint density at radius 1 is 1.10 bits per heavy atom. The van der Waals surface area contributed by atoms with Crippen LogP contribution in [0.15, 0.2) is 36.0 Å². The van der Waals surface area contributed by atoms with Gasteiger partial charge in [-0.2, -0.15) is 0 Å². The Kier molecular flexibility index (Phi) is 3.87. The molecule has 0 atom stereocenters. The maximum absolute atomic E-state index is 5.36. The van der Waals surface area contributed by atoms with Crippen molar-refractivity contribution >= 4 is 27.9 Å². The molecular formula is C15H15N3O2S. The van der Waals surface area contributed by atoms with Gasteiger partial charge in [0.25, 0.3) is 0 Å². The molecule has 2 heterocycles. The molecule has 0 radical (unpaired) electrons. The molecule has 5 nitrogen and oxygen atoms in total. The monoisotopic (exact) mass is 301 g/mol. The molecule has 0 bridgehead atoms. The van der Waals surface area contributed by atoms with E-state index in [9.17, 15) is 0 Å². The summed E-state index contributed by atoms with van der Waals surface area (Å²) in [4.78, 5) is 8.66. The summed E-state index contributed by atoms with van der Waals surface area (Å²) in [6, 6.07) is 5.83. The number of thiazole rings is 1. The number of hydrogen-bond donors (Lipinski definition) is 1. The van der Waals surface area contributed by atoms with Gasteiger partial charge in [-0.3, -0.25) is 0 Å². The molecule has 0 aliphatic carbocycles. The molecule has 3 rings (SSSR count). The quantitative estimate of drug-likeness (QED) is 0.783. The molecule has 0 saturated heterocycles. The lowest BCUT2D eigenvalue weighted by Crippen LogP contribution is -2.01. The number of fused-ring (bicyclic) bond motifs is 1. The Labute approximate surface area is 126 Å². The zero-order chi connectivity index (χ0) is 14.7. The van der Waals surface area contributed by atoms with Crippen LogP contribution < -0.4 is 14.8 Å². The molecule has 0 unspecified atom stereocenters. The normalized spacial score (nSPS) is 10.6. The Balaban J connectivity index is 1.98. The van der Waals surface area contributed by atoms with Crippen LogP contribution in [0, 0.1) is 0 Å². The van der Waals surface area contributed by atoms with E-state index in [4.69, 9.17) is 9.47 Å². The zero-order valence-corrected chi connectivity index (χ0v) is 12.6. The second-order valence-electron chi connectivity index (χ2n) is 4.37. The predicted octanol–water partition coefficient (Wildman–Crippen LogP) is 3.32. The van der Waals surface area contributed by atoms with Gasteiger partial charge in [0.15, 0.2) is 11.5 Å². The number of hydrogen-bond acceptors (Lipinski definition) is 6. The van der Waals surface area contributed by atoms with Crippen molar-refractivity contribution in [2.75, 3.05) is 19.5 Å². The van der Waals surface area contributed by atoms with Gasteiger partial charge >= 0.3 is 0 Å². The highest BCUT2D eigenvalue weighted by molar-refractivity contribution is 7.09. The van der Waals surface area contributed by atoms with E-state index < -0.39 is 0 Å². The third kappa shape index (κ3) is 2.75. The van der Waals surface area contributed by atoms with Crippen molar-refractivity contribution in [3.8, 4) is 11.5 Å². The molecule has 1 N–H and O–H groups in total. The Morgan fingerprint density at radius 2 is 1.90 bits per heavy atom. The second kappa shape index (κ2) is 5.97. The van der Waals surface area contributed by atoms with E-state index in [0.29, 0.717) is 18.0 Å². The number of anilines is 1. The number of nitrogens with one attached hydrogen (secondary N) is 1. The summed E-state index contributed by atoms with van der Waals surface area (Å²) in [5.41, 5.74) is 0. The lowest BCUT2D eigenvalue weighted by atomic mass is 10.1. The molecular weight excluding hydrogens is 286 g/mol. The minimum absolute atomic E-state index is 0.651. The van der Waals surface area contributed by atoms with Gasteiger partial charge in [-0.25, -0.2) is 9.97 Å². The van der Waals surface area contributed by atoms with Crippen molar-refractivity contribution in [3.63, 3.8) is 0 Å². The Morgan fingerprint density at radius 3 is 2.62 bits per heavy atom. The van der Waals surface area contributed by atoms with Gasteiger partial charge in [0, 0.05) is 23.2 Å². The van der Waals surface area contributed by atoms with Gasteiger partial charge in [0.05, 0.1) is 20.8 Å². The van der Waals surface area contributed by atoms with Crippen LogP contribution in [0.25, 0.3) is 10.8 Å². The fourth-order valence-electron chi connectivity index (χ4n) is 2.14. The molecule has 2 aromatic heterocycles. The van der Waals surface area contributed by atoms with E-state index in [-0.39, 0.29) is 0 Å². The minimum Gasteiger partial charge on any atom is -0.493 e. The third-order valence-corrected chi connectivity index (χ3v) is 3.94. The molecule has 3 aromatic rings. The highest BCUT2D eigenvalue weighted by Crippen LogP contribution is 2.34. The van der Waals surface area contributed by atoms with Crippen molar-refractivity contribution in [2.24, 2.45) is 0 Å². The molecule has 21 heavy (non-hydrogen) atoms. The summed E-state index contributed by atoms with van der Waals surface area (Å²) in [5, 5.41) is 8.34. The summed E-state index contributed by atoms with van der Waals surface area (Å²) in [5.74, 6) is 2.21. The van der Waals surface area contributed by atoms with Gasteiger partial charge in [-0.1, -0.05) is 0 Å². The largest absolute Gasteiger partial charge is 0.493 e. The summed E-state index contributed by atoms with van der Waals surface area (Å²) >= 11 is 1.62. The van der Waals surface area contributed by atoms with E-state index in [2.05, 4.69) is 15.3 Å². The number of nitrogens with zero attached hydrogens (tertiary/aromatic N) is 2. The van der Waals surface area contributed by atoms with E-state index in [0.717, 1.165) is 21.6 Å². The van der Waals surface area contributed by atoms with Crippen molar-refractivity contribution in [2.45, 2.75) is 6.54 Å². The minimum atomic E-state index is 0.651. The number of aromatic nitrogens is 2. The van der Waals surface area contributed by atoms with Crippen LogP contribution >= 0.6 is 11.3 Å². The van der Waals surface area contributed by atoms with Crippen LogP contribution in [-0.2, 0) is 6.54 Å². The highest BCUT2D eigenvalue weighted by Gasteiger charge is 2.09. The maximum Gasteiger partial charge on any atom is 0.161 e. The first kappa shape index (κ1) is 13.6. The predicted molar refractivity (Wildman–Crippen MR) is 84.3 cm³/mol. The van der Waals surface area contributed by atoms with Gasteiger partial charge in [-0.05, 0) is 23.6 Å².